The third-order valence-corrected chi connectivity index (χ3v) is 5.61. The van der Waals surface area contributed by atoms with Crippen LogP contribution in [0, 0.1) is 5.41 Å². The SMILES string of the molecule is CCOc1cccc(/C=C2\SC(=N)[C@@H](c3nnc(CC)s3)C2=O)c1. The zero-order valence-electron chi connectivity index (χ0n) is 13.4. The summed E-state index contributed by atoms with van der Waals surface area (Å²) in [6, 6.07) is 7.58. The second-order valence-electron chi connectivity index (χ2n) is 5.17. The topological polar surface area (TPSA) is 75.9 Å². The van der Waals surface area contributed by atoms with Crippen LogP contribution in [0.2, 0.25) is 0 Å². The first-order chi connectivity index (χ1) is 11.6. The van der Waals surface area contributed by atoms with Gasteiger partial charge in [-0.3, -0.25) is 10.2 Å². The van der Waals surface area contributed by atoms with Crippen molar-refractivity contribution in [2.75, 3.05) is 6.61 Å². The van der Waals surface area contributed by atoms with Crippen molar-refractivity contribution in [1.29, 1.82) is 5.41 Å². The Kier molecular flexibility index (Phi) is 5.11. The molecule has 1 N–H and O–H groups in total. The van der Waals surface area contributed by atoms with Crippen molar-refractivity contribution >= 4 is 40.0 Å². The van der Waals surface area contributed by atoms with Gasteiger partial charge in [-0.1, -0.05) is 30.8 Å². The van der Waals surface area contributed by atoms with Gasteiger partial charge in [0.15, 0.2) is 5.78 Å². The normalized spacial score (nSPS) is 19.2. The van der Waals surface area contributed by atoms with Crippen molar-refractivity contribution in [3.05, 3.63) is 44.7 Å². The number of aromatic nitrogens is 2. The standard InChI is InChI=1S/C17H17N3O2S2/c1-3-13-19-20-17(24-13)14-15(21)12(23-16(14)18)9-10-6-5-7-11(8-10)22-4-2/h5-9,14,18H,3-4H2,1-2H3/b12-9-,18-16?/t14-/m0/s1. The number of benzene rings is 1. The lowest BCUT2D eigenvalue weighted by Crippen LogP contribution is -2.11. The van der Waals surface area contributed by atoms with E-state index in [0.29, 0.717) is 21.6 Å². The van der Waals surface area contributed by atoms with Crippen LogP contribution in [0.1, 0.15) is 35.3 Å². The van der Waals surface area contributed by atoms with Crippen LogP contribution < -0.4 is 4.74 Å². The van der Waals surface area contributed by atoms with E-state index in [9.17, 15) is 4.79 Å². The molecule has 7 heteroatoms. The Bertz CT molecular complexity index is 814. The predicted octanol–water partition coefficient (Wildman–Crippen LogP) is 3.92. The van der Waals surface area contributed by atoms with Gasteiger partial charge in [-0.15, -0.1) is 21.5 Å². The van der Waals surface area contributed by atoms with Crippen molar-refractivity contribution < 1.29 is 9.53 Å². The minimum absolute atomic E-state index is 0.0781. The van der Waals surface area contributed by atoms with E-state index in [-0.39, 0.29) is 5.78 Å². The number of Topliss-reactive ketones (excluding diaryl/α,β-unsaturated/α-hetero) is 1. The molecule has 0 unspecified atom stereocenters. The fourth-order valence-electron chi connectivity index (χ4n) is 2.35. The van der Waals surface area contributed by atoms with E-state index < -0.39 is 5.92 Å². The summed E-state index contributed by atoms with van der Waals surface area (Å²) in [5.41, 5.74) is 0.886. The highest BCUT2D eigenvalue weighted by molar-refractivity contribution is 8.19. The number of carbonyl (C=O) groups excluding carboxylic acids is 1. The molecule has 2 aromatic rings. The number of carbonyl (C=O) groups is 1. The number of nitrogens with zero attached hydrogens (tertiary/aromatic N) is 2. The molecule has 5 nitrogen and oxygen atoms in total. The zero-order valence-corrected chi connectivity index (χ0v) is 15.0. The number of allylic oxidation sites excluding steroid dienone is 1. The van der Waals surface area contributed by atoms with Gasteiger partial charge in [0.1, 0.15) is 21.7 Å². The third kappa shape index (κ3) is 3.42. The van der Waals surface area contributed by atoms with E-state index in [2.05, 4.69) is 10.2 Å². The van der Waals surface area contributed by atoms with Crippen LogP contribution in [0.4, 0.5) is 0 Å². The fourth-order valence-corrected chi connectivity index (χ4v) is 4.31. The molecule has 1 aliphatic heterocycles. The van der Waals surface area contributed by atoms with Crippen LogP contribution in [-0.4, -0.2) is 27.6 Å². The molecule has 0 saturated carbocycles. The number of ketones is 1. The summed E-state index contributed by atoms with van der Waals surface area (Å²) in [7, 11) is 0. The number of rotatable bonds is 5. The molecule has 1 atom stereocenters. The molecule has 0 radical (unpaired) electrons. The minimum atomic E-state index is -0.603. The largest absolute Gasteiger partial charge is 0.494 e. The first-order valence-corrected chi connectivity index (χ1v) is 9.33. The molecule has 1 aromatic heterocycles. The monoisotopic (exact) mass is 359 g/mol. The molecule has 0 aliphatic carbocycles. The quantitative estimate of drug-likeness (QED) is 0.819. The van der Waals surface area contributed by atoms with Gasteiger partial charge in [0.05, 0.1) is 16.6 Å². The van der Waals surface area contributed by atoms with Crippen LogP contribution >= 0.6 is 23.1 Å². The molecule has 24 heavy (non-hydrogen) atoms. The minimum Gasteiger partial charge on any atom is -0.494 e. The molecule has 124 valence electrons. The van der Waals surface area contributed by atoms with E-state index in [4.69, 9.17) is 10.1 Å². The van der Waals surface area contributed by atoms with E-state index in [1.807, 2.05) is 44.2 Å². The highest BCUT2D eigenvalue weighted by atomic mass is 32.2. The summed E-state index contributed by atoms with van der Waals surface area (Å²) in [5, 5.41) is 18.1. The van der Waals surface area contributed by atoms with Crippen LogP contribution in [0.5, 0.6) is 5.75 Å². The maximum absolute atomic E-state index is 12.7. The van der Waals surface area contributed by atoms with Crippen molar-refractivity contribution in [1.82, 2.24) is 10.2 Å². The van der Waals surface area contributed by atoms with Gasteiger partial charge in [0, 0.05) is 0 Å². The number of nitrogens with one attached hydrogen (secondary N) is 1. The number of hydrogen-bond acceptors (Lipinski definition) is 7. The summed E-state index contributed by atoms with van der Waals surface area (Å²) in [4.78, 5) is 13.3. The second-order valence-corrected chi connectivity index (χ2v) is 7.34. The highest BCUT2D eigenvalue weighted by Gasteiger charge is 2.39. The first-order valence-electron chi connectivity index (χ1n) is 7.69. The Morgan fingerprint density at radius 3 is 2.88 bits per heavy atom. The molecule has 0 bridgehead atoms. The van der Waals surface area contributed by atoms with Crippen LogP contribution in [0.15, 0.2) is 29.2 Å². The van der Waals surface area contributed by atoms with E-state index in [1.165, 1.54) is 23.1 Å². The van der Waals surface area contributed by atoms with Crippen LogP contribution in [0.25, 0.3) is 6.08 Å². The average molecular weight is 359 g/mol. The molecular formula is C17H17N3O2S2. The second kappa shape index (κ2) is 7.27. The summed E-state index contributed by atoms with van der Waals surface area (Å²) in [5.74, 6) is 0.0883. The lowest BCUT2D eigenvalue weighted by atomic mass is 10.1. The smallest absolute Gasteiger partial charge is 0.186 e. The van der Waals surface area contributed by atoms with Gasteiger partial charge in [-0.05, 0) is 37.1 Å². The third-order valence-electron chi connectivity index (χ3n) is 3.49. The molecule has 1 aromatic carbocycles. The van der Waals surface area contributed by atoms with Crippen molar-refractivity contribution in [2.45, 2.75) is 26.2 Å². The van der Waals surface area contributed by atoms with Gasteiger partial charge in [-0.2, -0.15) is 0 Å². The Labute approximate surface area is 148 Å². The highest BCUT2D eigenvalue weighted by Crippen LogP contribution is 2.41. The average Bonchev–Trinajstić information content (AvgIpc) is 3.13. The van der Waals surface area contributed by atoms with Gasteiger partial charge < -0.3 is 4.74 Å². The van der Waals surface area contributed by atoms with Gasteiger partial charge >= 0.3 is 0 Å². The Morgan fingerprint density at radius 1 is 1.33 bits per heavy atom. The number of hydrogen-bond donors (Lipinski definition) is 1. The van der Waals surface area contributed by atoms with Crippen molar-refractivity contribution in [2.24, 2.45) is 0 Å². The van der Waals surface area contributed by atoms with Gasteiger partial charge in [0.25, 0.3) is 0 Å². The van der Waals surface area contributed by atoms with E-state index in [1.54, 1.807) is 0 Å². The molecule has 1 aliphatic rings. The maximum Gasteiger partial charge on any atom is 0.186 e. The van der Waals surface area contributed by atoms with Gasteiger partial charge in [0.2, 0.25) is 0 Å². The van der Waals surface area contributed by atoms with Gasteiger partial charge in [-0.25, -0.2) is 0 Å². The molecule has 1 saturated heterocycles. The van der Waals surface area contributed by atoms with Crippen LogP contribution in [-0.2, 0) is 11.2 Å². The number of ether oxygens (including phenoxy) is 1. The van der Waals surface area contributed by atoms with E-state index in [0.717, 1.165) is 22.7 Å². The molecule has 1 fully saturated rings. The van der Waals surface area contributed by atoms with E-state index >= 15 is 0 Å². The number of thioether (sulfide) groups is 1. The first kappa shape index (κ1) is 16.9. The lowest BCUT2D eigenvalue weighted by Gasteiger charge is -2.03. The predicted molar refractivity (Wildman–Crippen MR) is 97.9 cm³/mol. The zero-order chi connectivity index (χ0) is 17.1. The molecule has 2 heterocycles. The molecular weight excluding hydrogens is 342 g/mol. The summed E-state index contributed by atoms with van der Waals surface area (Å²) >= 11 is 2.61. The maximum atomic E-state index is 12.7. The molecule has 3 rings (SSSR count). The van der Waals surface area contributed by atoms with Crippen molar-refractivity contribution in [3.8, 4) is 5.75 Å². The Hall–Kier alpha value is -1.99. The lowest BCUT2D eigenvalue weighted by molar-refractivity contribution is -0.114. The summed E-state index contributed by atoms with van der Waals surface area (Å²) in [6.07, 6.45) is 2.60. The van der Waals surface area contributed by atoms with Crippen LogP contribution in [0.3, 0.4) is 0 Å². The summed E-state index contributed by atoms with van der Waals surface area (Å²) < 4.78 is 5.48. The van der Waals surface area contributed by atoms with Crippen molar-refractivity contribution in [3.63, 3.8) is 0 Å². The molecule has 0 spiro atoms. The number of aryl methyl sites for hydroxylation is 1. The fraction of sp³-hybridized carbons (Fsp3) is 0.294. The molecule has 0 amide bonds. The Morgan fingerprint density at radius 2 is 2.17 bits per heavy atom. The summed E-state index contributed by atoms with van der Waals surface area (Å²) in [6.45, 7) is 4.52. The Balaban J connectivity index is 1.86.